The number of carboxylic acid groups (broad SMARTS) is 1. The van der Waals surface area contributed by atoms with Crippen LogP contribution in [0.5, 0.6) is 0 Å². The van der Waals surface area contributed by atoms with Gasteiger partial charge < -0.3 is 10.4 Å². The fourth-order valence-corrected chi connectivity index (χ4v) is 2.64. The lowest BCUT2D eigenvalue weighted by Gasteiger charge is -2.25. The molecule has 1 fully saturated rings. The van der Waals surface area contributed by atoms with E-state index >= 15 is 0 Å². The third-order valence-electron chi connectivity index (χ3n) is 3.98. The standard InChI is InChI=1S/C16H21NO3/c1-3-9-16(2,15(19)20)17-14(18)13-10-12(13)11-7-5-4-6-8-11/h4-8,12-13H,3,9-10H2,1-2H3,(H,17,18)(H,19,20). The molecule has 0 spiro atoms. The zero-order valence-electron chi connectivity index (χ0n) is 11.9. The molecule has 3 unspecified atom stereocenters. The molecule has 0 radical (unpaired) electrons. The zero-order chi connectivity index (χ0) is 14.8. The first-order chi connectivity index (χ1) is 9.48. The van der Waals surface area contributed by atoms with Gasteiger partial charge in [-0.1, -0.05) is 43.7 Å². The molecule has 2 rings (SSSR count). The van der Waals surface area contributed by atoms with Crippen molar-refractivity contribution in [1.82, 2.24) is 5.32 Å². The van der Waals surface area contributed by atoms with E-state index < -0.39 is 11.5 Å². The third-order valence-corrected chi connectivity index (χ3v) is 3.98. The lowest BCUT2D eigenvalue weighted by atomic mass is 9.96. The number of benzene rings is 1. The van der Waals surface area contributed by atoms with Gasteiger partial charge in [0, 0.05) is 5.92 Å². The summed E-state index contributed by atoms with van der Waals surface area (Å²) in [4.78, 5) is 23.5. The van der Waals surface area contributed by atoms with Gasteiger partial charge >= 0.3 is 5.97 Å². The molecule has 2 N–H and O–H groups in total. The van der Waals surface area contributed by atoms with Crippen molar-refractivity contribution in [3.8, 4) is 0 Å². The second-order valence-electron chi connectivity index (χ2n) is 5.74. The number of nitrogens with one attached hydrogen (secondary N) is 1. The number of carbonyl (C=O) groups excluding carboxylic acids is 1. The van der Waals surface area contributed by atoms with Crippen molar-refractivity contribution in [1.29, 1.82) is 0 Å². The lowest BCUT2D eigenvalue weighted by Crippen LogP contribution is -2.52. The molecule has 1 aliphatic carbocycles. The van der Waals surface area contributed by atoms with Crippen LogP contribution in [0.15, 0.2) is 30.3 Å². The van der Waals surface area contributed by atoms with E-state index in [0.717, 1.165) is 18.4 Å². The molecule has 108 valence electrons. The molecule has 0 heterocycles. The molecule has 0 aliphatic heterocycles. The molecule has 3 atom stereocenters. The number of carbonyl (C=O) groups is 2. The minimum atomic E-state index is -1.16. The predicted octanol–water partition coefficient (Wildman–Crippen LogP) is 2.55. The summed E-state index contributed by atoms with van der Waals surface area (Å²) in [5.41, 5.74) is -0.00415. The van der Waals surface area contributed by atoms with Gasteiger partial charge in [0.25, 0.3) is 0 Å². The highest BCUT2D eigenvalue weighted by atomic mass is 16.4. The smallest absolute Gasteiger partial charge is 0.329 e. The van der Waals surface area contributed by atoms with Crippen LogP contribution in [0.1, 0.15) is 44.6 Å². The normalized spacial score (nSPS) is 23.7. The molecule has 1 aliphatic rings. The van der Waals surface area contributed by atoms with Crippen LogP contribution in [0.2, 0.25) is 0 Å². The quantitative estimate of drug-likeness (QED) is 0.838. The molecule has 1 aromatic rings. The van der Waals surface area contributed by atoms with Crippen molar-refractivity contribution in [2.75, 3.05) is 0 Å². The zero-order valence-corrected chi connectivity index (χ0v) is 11.9. The molecule has 0 bridgehead atoms. The highest BCUT2D eigenvalue weighted by molar-refractivity contribution is 5.89. The van der Waals surface area contributed by atoms with Crippen LogP contribution in [-0.4, -0.2) is 22.5 Å². The van der Waals surface area contributed by atoms with Gasteiger partial charge in [-0.15, -0.1) is 0 Å². The Balaban J connectivity index is 1.98. The fourth-order valence-electron chi connectivity index (χ4n) is 2.64. The highest BCUT2D eigenvalue weighted by Gasteiger charge is 2.46. The Morgan fingerprint density at radius 3 is 2.55 bits per heavy atom. The van der Waals surface area contributed by atoms with E-state index in [9.17, 15) is 14.7 Å². The van der Waals surface area contributed by atoms with E-state index in [2.05, 4.69) is 5.32 Å². The van der Waals surface area contributed by atoms with Crippen molar-refractivity contribution >= 4 is 11.9 Å². The number of hydrogen-bond donors (Lipinski definition) is 2. The fraction of sp³-hybridized carbons (Fsp3) is 0.500. The summed E-state index contributed by atoms with van der Waals surface area (Å²) in [6.45, 7) is 3.49. The van der Waals surface area contributed by atoms with E-state index in [1.807, 2.05) is 37.3 Å². The van der Waals surface area contributed by atoms with E-state index in [0.29, 0.717) is 6.42 Å². The van der Waals surface area contributed by atoms with Gasteiger partial charge in [-0.05, 0) is 31.2 Å². The van der Waals surface area contributed by atoms with E-state index in [1.165, 1.54) is 0 Å². The summed E-state index contributed by atoms with van der Waals surface area (Å²) >= 11 is 0. The number of carboxylic acids is 1. The minimum Gasteiger partial charge on any atom is -0.480 e. The Kier molecular flexibility index (Phi) is 4.12. The van der Waals surface area contributed by atoms with E-state index in [-0.39, 0.29) is 17.7 Å². The summed E-state index contributed by atoms with van der Waals surface area (Å²) in [5.74, 6) is -0.967. The first kappa shape index (κ1) is 14.6. The number of aliphatic carboxylic acids is 1. The summed E-state index contributed by atoms with van der Waals surface area (Å²) in [6.07, 6.45) is 1.96. The SMILES string of the molecule is CCCC(C)(NC(=O)C1CC1c1ccccc1)C(=O)O. The van der Waals surface area contributed by atoms with E-state index in [1.54, 1.807) is 6.92 Å². The predicted molar refractivity (Wildman–Crippen MR) is 76.4 cm³/mol. The Hall–Kier alpha value is -1.84. The maximum atomic E-state index is 12.2. The van der Waals surface area contributed by atoms with Crippen molar-refractivity contribution in [3.05, 3.63) is 35.9 Å². The Morgan fingerprint density at radius 2 is 2.00 bits per heavy atom. The Bertz CT molecular complexity index is 500. The largest absolute Gasteiger partial charge is 0.480 e. The van der Waals surface area contributed by atoms with Gasteiger partial charge in [0.05, 0.1) is 0 Å². The van der Waals surface area contributed by atoms with Crippen LogP contribution in [0.3, 0.4) is 0 Å². The first-order valence-electron chi connectivity index (χ1n) is 7.08. The van der Waals surface area contributed by atoms with Gasteiger partial charge in [-0.25, -0.2) is 4.79 Å². The summed E-state index contributed by atoms with van der Waals surface area (Å²) in [6, 6.07) is 9.90. The topological polar surface area (TPSA) is 66.4 Å². The number of amides is 1. The van der Waals surface area contributed by atoms with Crippen LogP contribution in [-0.2, 0) is 9.59 Å². The average molecular weight is 275 g/mol. The molecule has 0 aromatic heterocycles. The van der Waals surface area contributed by atoms with Crippen LogP contribution >= 0.6 is 0 Å². The van der Waals surface area contributed by atoms with Crippen LogP contribution in [0, 0.1) is 5.92 Å². The Morgan fingerprint density at radius 1 is 1.35 bits per heavy atom. The lowest BCUT2D eigenvalue weighted by molar-refractivity contribution is -0.147. The van der Waals surface area contributed by atoms with Crippen LogP contribution < -0.4 is 5.32 Å². The van der Waals surface area contributed by atoms with Gasteiger partial charge in [-0.2, -0.15) is 0 Å². The molecule has 1 aromatic carbocycles. The minimum absolute atomic E-state index is 0.0899. The molecule has 20 heavy (non-hydrogen) atoms. The Labute approximate surface area is 119 Å². The molecular weight excluding hydrogens is 254 g/mol. The van der Waals surface area contributed by atoms with Crippen LogP contribution in [0.4, 0.5) is 0 Å². The van der Waals surface area contributed by atoms with Crippen LogP contribution in [0.25, 0.3) is 0 Å². The maximum absolute atomic E-state index is 12.2. The van der Waals surface area contributed by atoms with Gasteiger partial charge in [0.2, 0.25) is 5.91 Å². The molecule has 1 saturated carbocycles. The molecule has 0 saturated heterocycles. The maximum Gasteiger partial charge on any atom is 0.329 e. The van der Waals surface area contributed by atoms with Gasteiger partial charge in [-0.3, -0.25) is 4.79 Å². The summed E-state index contributed by atoms with van der Waals surface area (Å²) < 4.78 is 0. The molecule has 1 amide bonds. The first-order valence-corrected chi connectivity index (χ1v) is 7.08. The van der Waals surface area contributed by atoms with Gasteiger partial charge in [0.15, 0.2) is 0 Å². The summed E-state index contributed by atoms with van der Waals surface area (Å²) in [5, 5.41) is 12.0. The second-order valence-corrected chi connectivity index (χ2v) is 5.74. The molecule has 4 nitrogen and oxygen atoms in total. The third kappa shape index (κ3) is 3.00. The molecular formula is C16H21NO3. The number of hydrogen-bond acceptors (Lipinski definition) is 2. The van der Waals surface area contributed by atoms with E-state index in [4.69, 9.17) is 0 Å². The van der Waals surface area contributed by atoms with Crippen molar-refractivity contribution in [2.45, 2.75) is 44.6 Å². The number of rotatable bonds is 6. The second kappa shape index (κ2) is 5.65. The average Bonchev–Trinajstić information content (AvgIpc) is 3.20. The van der Waals surface area contributed by atoms with Crippen molar-refractivity contribution in [3.63, 3.8) is 0 Å². The van der Waals surface area contributed by atoms with Crippen molar-refractivity contribution < 1.29 is 14.7 Å². The summed E-state index contributed by atoms with van der Waals surface area (Å²) in [7, 11) is 0. The van der Waals surface area contributed by atoms with Crippen molar-refractivity contribution in [2.24, 2.45) is 5.92 Å². The highest BCUT2D eigenvalue weighted by Crippen LogP contribution is 2.47. The van der Waals surface area contributed by atoms with Gasteiger partial charge in [0.1, 0.15) is 5.54 Å². The molecule has 4 heteroatoms. The monoisotopic (exact) mass is 275 g/mol.